The Morgan fingerprint density at radius 2 is 1.64 bits per heavy atom. The maximum absolute atomic E-state index is 13.5. The molecule has 39 heavy (non-hydrogen) atoms. The van der Waals surface area contributed by atoms with Crippen LogP contribution in [0.5, 0.6) is 0 Å². The number of fused-ring (bicyclic) bond motifs is 1. The minimum Gasteiger partial charge on any atom is -0.324 e. The molecule has 2 aromatic carbocycles. The van der Waals surface area contributed by atoms with Gasteiger partial charge in [-0.3, -0.25) is 14.3 Å². The zero-order valence-electron chi connectivity index (χ0n) is 21.9. The van der Waals surface area contributed by atoms with E-state index in [4.69, 9.17) is 11.6 Å². The van der Waals surface area contributed by atoms with E-state index in [1.54, 1.807) is 30.2 Å². The summed E-state index contributed by atoms with van der Waals surface area (Å²) in [7, 11) is 3.90. The summed E-state index contributed by atoms with van der Waals surface area (Å²) < 4.78 is 1.55. The molecule has 0 atom stereocenters. The van der Waals surface area contributed by atoms with Crippen LogP contribution in [0.15, 0.2) is 84.0 Å². The van der Waals surface area contributed by atoms with Gasteiger partial charge in [0.1, 0.15) is 5.65 Å². The van der Waals surface area contributed by atoms with Gasteiger partial charge in [-0.05, 0) is 98.1 Å². The Bertz CT molecular complexity index is 1690. The smallest absolute Gasteiger partial charge is 0.259 e. The maximum Gasteiger partial charge on any atom is 0.259 e. The molecule has 0 bridgehead atoms. The quantitative estimate of drug-likeness (QED) is 0.285. The van der Waals surface area contributed by atoms with Crippen LogP contribution in [0.4, 0.5) is 11.6 Å². The topological polar surface area (TPSA) is 75.9 Å². The summed E-state index contributed by atoms with van der Waals surface area (Å²) in [6.07, 6.45) is 7.59. The summed E-state index contributed by atoms with van der Waals surface area (Å²) >= 11 is 6.57. The molecule has 5 aromatic rings. The molecule has 0 radical (unpaired) electrons. The lowest BCUT2D eigenvalue weighted by molar-refractivity contribution is 0.255. The normalized spacial score (nSPS) is 14.5. The van der Waals surface area contributed by atoms with Gasteiger partial charge in [0.15, 0.2) is 0 Å². The number of nitrogens with zero attached hydrogens (tertiary/aromatic N) is 5. The van der Waals surface area contributed by atoms with E-state index in [0.29, 0.717) is 33.7 Å². The van der Waals surface area contributed by atoms with Gasteiger partial charge in [0.05, 0.1) is 0 Å². The standard InChI is InChI=1S/C31H29ClN6O/c1-37-15-11-22(12-16-37)20-3-6-25(7-4-20)35-31-34-19-24-18-27(30(39)38(2)29(24)36-31)26-17-23(5-8-28(26)32)21-9-13-33-14-10-21/h3-10,13-14,17-19,22H,11-12,15-16H2,1-2H3,(H,34,35,36). The van der Waals surface area contributed by atoms with Crippen molar-refractivity contribution in [1.29, 1.82) is 0 Å². The number of aryl methyl sites for hydroxylation is 1. The zero-order valence-corrected chi connectivity index (χ0v) is 22.7. The molecule has 6 rings (SSSR count). The fourth-order valence-corrected chi connectivity index (χ4v) is 5.48. The molecule has 196 valence electrons. The van der Waals surface area contributed by atoms with E-state index in [9.17, 15) is 4.79 Å². The lowest BCUT2D eigenvalue weighted by Gasteiger charge is -2.29. The first-order chi connectivity index (χ1) is 19.0. The summed E-state index contributed by atoms with van der Waals surface area (Å²) in [5.74, 6) is 1.05. The highest BCUT2D eigenvalue weighted by molar-refractivity contribution is 6.33. The van der Waals surface area contributed by atoms with Crippen molar-refractivity contribution < 1.29 is 0 Å². The molecule has 1 aliphatic heterocycles. The number of pyridine rings is 2. The molecule has 8 heteroatoms. The molecule has 1 aliphatic rings. The number of hydrogen-bond acceptors (Lipinski definition) is 6. The Morgan fingerprint density at radius 3 is 2.38 bits per heavy atom. The Labute approximate surface area is 232 Å². The molecule has 1 fully saturated rings. The minimum absolute atomic E-state index is 0.177. The Hall–Kier alpha value is -4.07. The molecular formula is C31H29ClN6O. The molecule has 4 heterocycles. The van der Waals surface area contributed by atoms with Crippen molar-refractivity contribution in [3.05, 3.63) is 100 Å². The lowest BCUT2D eigenvalue weighted by atomic mass is 9.89. The lowest BCUT2D eigenvalue weighted by Crippen LogP contribution is -2.29. The predicted octanol–water partition coefficient (Wildman–Crippen LogP) is 6.26. The number of rotatable bonds is 5. The third-order valence-electron chi connectivity index (χ3n) is 7.58. The molecule has 0 aliphatic carbocycles. The van der Waals surface area contributed by atoms with Crippen molar-refractivity contribution in [3.8, 4) is 22.3 Å². The second-order valence-corrected chi connectivity index (χ2v) is 10.6. The molecule has 0 unspecified atom stereocenters. The summed E-state index contributed by atoms with van der Waals surface area (Å²) in [6.45, 7) is 2.27. The number of benzene rings is 2. The molecular weight excluding hydrogens is 508 g/mol. The van der Waals surface area contributed by atoms with Gasteiger partial charge in [0, 0.05) is 52.9 Å². The summed E-state index contributed by atoms with van der Waals surface area (Å²) in [4.78, 5) is 29.1. The van der Waals surface area contributed by atoms with Crippen LogP contribution in [0.1, 0.15) is 24.3 Å². The van der Waals surface area contributed by atoms with E-state index in [2.05, 4.69) is 56.5 Å². The van der Waals surface area contributed by atoms with Crippen LogP contribution in [0.2, 0.25) is 5.02 Å². The van der Waals surface area contributed by atoms with Gasteiger partial charge in [-0.25, -0.2) is 4.98 Å². The molecule has 0 spiro atoms. The Kier molecular flexibility index (Phi) is 6.85. The van der Waals surface area contributed by atoms with Crippen LogP contribution < -0.4 is 10.9 Å². The highest BCUT2D eigenvalue weighted by atomic mass is 35.5. The van der Waals surface area contributed by atoms with Crippen molar-refractivity contribution in [1.82, 2.24) is 24.4 Å². The number of hydrogen-bond donors (Lipinski definition) is 1. The fraction of sp³-hybridized carbons (Fsp3) is 0.226. The predicted molar refractivity (Wildman–Crippen MR) is 158 cm³/mol. The van der Waals surface area contributed by atoms with Gasteiger partial charge in [0.2, 0.25) is 5.95 Å². The first-order valence-corrected chi connectivity index (χ1v) is 13.5. The van der Waals surface area contributed by atoms with E-state index >= 15 is 0 Å². The van der Waals surface area contributed by atoms with Crippen molar-refractivity contribution >= 4 is 34.3 Å². The number of nitrogens with one attached hydrogen (secondary N) is 1. The molecule has 7 nitrogen and oxygen atoms in total. The number of likely N-dealkylation sites (tertiary alicyclic amines) is 1. The highest BCUT2D eigenvalue weighted by Crippen LogP contribution is 2.32. The van der Waals surface area contributed by atoms with Crippen molar-refractivity contribution in [2.45, 2.75) is 18.8 Å². The van der Waals surface area contributed by atoms with E-state index in [-0.39, 0.29) is 5.56 Å². The van der Waals surface area contributed by atoms with E-state index < -0.39 is 0 Å². The summed E-state index contributed by atoms with van der Waals surface area (Å²) in [5, 5.41) is 4.55. The monoisotopic (exact) mass is 536 g/mol. The molecule has 1 N–H and O–H groups in total. The van der Waals surface area contributed by atoms with Crippen LogP contribution in [-0.2, 0) is 7.05 Å². The van der Waals surface area contributed by atoms with Crippen LogP contribution in [0.25, 0.3) is 33.3 Å². The Balaban J connectivity index is 1.29. The van der Waals surface area contributed by atoms with Crippen LogP contribution >= 0.6 is 11.6 Å². The van der Waals surface area contributed by atoms with E-state index in [1.165, 1.54) is 18.4 Å². The second kappa shape index (κ2) is 10.6. The third kappa shape index (κ3) is 5.15. The van der Waals surface area contributed by atoms with Gasteiger partial charge in [-0.2, -0.15) is 4.98 Å². The van der Waals surface area contributed by atoms with E-state index in [1.807, 2.05) is 36.4 Å². The number of anilines is 2. The molecule has 0 amide bonds. The van der Waals surface area contributed by atoms with Gasteiger partial charge < -0.3 is 10.2 Å². The number of piperidine rings is 1. The Morgan fingerprint density at radius 1 is 0.897 bits per heavy atom. The first-order valence-electron chi connectivity index (χ1n) is 13.1. The third-order valence-corrected chi connectivity index (χ3v) is 7.91. The average Bonchev–Trinajstić information content (AvgIpc) is 2.97. The second-order valence-electron chi connectivity index (χ2n) is 10.1. The SMILES string of the molecule is CN1CCC(c2ccc(Nc3ncc4cc(-c5cc(-c6ccncc6)ccc5Cl)c(=O)n(C)c4n3)cc2)CC1. The van der Waals surface area contributed by atoms with Crippen LogP contribution in [0.3, 0.4) is 0 Å². The molecule has 0 saturated carbocycles. The van der Waals surface area contributed by atoms with Gasteiger partial charge in [-0.15, -0.1) is 0 Å². The summed E-state index contributed by atoms with van der Waals surface area (Å²) in [6, 6.07) is 19.9. The fourth-order valence-electron chi connectivity index (χ4n) is 5.27. The molecule has 1 saturated heterocycles. The average molecular weight is 537 g/mol. The summed E-state index contributed by atoms with van der Waals surface area (Å²) in [5.41, 5.74) is 5.77. The van der Waals surface area contributed by atoms with Crippen molar-refractivity contribution in [2.24, 2.45) is 7.05 Å². The maximum atomic E-state index is 13.5. The highest BCUT2D eigenvalue weighted by Gasteiger charge is 2.18. The number of aromatic nitrogens is 4. The number of halogens is 1. The van der Waals surface area contributed by atoms with Gasteiger partial charge >= 0.3 is 0 Å². The first kappa shape index (κ1) is 25.2. The molecule has 3 aromatic heterocycles. The van der Waals surface area contributed by atoms with Crippen molar-refractivity contribution in [3.63, 3.8) is 0 Å². The van der Waals surface area contributed by atoms with Crippen LogP contribution in [0, 0.1) is 0 Å². The zero-order chi connectivity index (χ0) is 26.9. The van der Waals surface area contributed by atoms with Gasteiger partial charge in [-0.1, -0.05) is 29.8 Å². The van der Waals surface area contributed by atoms with Crippen LogP contribution in [-0.4, -0.2) is 44.6 Å². The minimum atomic E-state index is -0.177. The largest absolute Gasteiger partial charge is 0.324 e. The van der Waals surface area contributed by atoms with Crippen molar-refractivity contribution in [2.75, 3.05) is 25.5 Å². The van der Waals surface area contributed by atoms with Gasteiger partial charge in [0.25, 0.3) is 5.56 Å². The van der Waals surface area contributed by atoms with E-state index in [0.717, 1.165) is 35.3 Å².